The van der Waals surface area contributed by atoms with Crippen molar-refractivity contribution in [3.63, 3.8) is 0 Å². The molecule has 0 aromatic heterocycles. The highest BCUT2D eigenvalue weighted by atomic mass is 14.9. The van der Waals surface area contributed by atoms with Crippen molar-refractivity contribution >= 4 is 11.4 Å². The van der Waals surface area contributed by atoms with E-state index in [1.165, 1.54) is 5.56 Å². The zero-order valence-electron chi connectivity index (χ0n) is 9.40. The Morgan fingerprint density at radius 1 is 0.875 bits per heavy atom. The summed E-state index contributed by atoms with van der Waals surface area (Å²) in [6, 6.07) is 18.6. The van der Waals surface area contributed by atoms with Crippen LogP contribution in [0.2, 0.25) is 0 Å². The molecule has 0 bridgehead atoms. The van der Waals surface area contributed by atoms with E-state index in [1.54, 1.807) is 0 Å². The molecule has 0 atom stereocenters. The molecule has 2 rings (SSSR count). The summed E-state index contributed by atoms with van der Waals surface area (Å²) in [5.74, 6) is 0. The van der Waals surface area contributed by atoms with Gasteiger partial charge in [0.25, 0.3) is 0 Å². The molecule has 0 saturated carbocycles. The van der Waals surface area contributed by atoms with Gasteiger partial charge in [-0.1, -0.05) is 30.3 Å². The molecule has 0 radical (unpaired) electrons. The van der Waals surface area contributed by atoms with Gasteiger partial charge in [-0.3, -0.25) is 0 Å². The molecule has 0 aliphatic carbocycles. The maximum atomic E-state index is 3.38. The monoisotopic (exact) mass is 212 g/mol. The van der Waals surface area contributed by atoms with Gasteiger partial charge in [0, 0.05) is 25.0 Å². The average molecular weight is 212 g/mol. The Bertz CT molecular complexity index is 437. The van der Waals surface area contributed by atoms with Crippen molar-refractivity contribution in [2.75, 3.05) is 17.7 Å². The number of hydrogen-bond acceptors (Lipinski definition) is 2. The van der Waals surface area contributed by atoms with E-state index in [9.17, 15) is 0 Å². The molecule has 2 aromatic rings. The van der Waals surface area contributed by atoms with Gasteiger partial charge in [-0.2, -0.15) is 0 Å². The maximum Gasteiger partial charge on any atom is 0.0401 e. The molecule has 0 spiro atoms. The molecule has 0 amide bonds. The van der Waals surface area contributed by atoms with Crippen molar-refractivity contribution in [2.24, 2.45) is 0 Å². The Labute approximate surface area is 96.3 Å². The van der Waals surface area contributed by atoms with Crippen LogP contribution in [0.4, 0.5) is 11.4 Å². The highest BCUT2D eigenvalue weighted by molar-refractivity contribution is 5.47. The molecule has 0 heterocycles. The van der Waals surface area contributed by atoms with Gasteiger partial charge in [-0.15, -0.1) is 0 Å². The fourth-order valence-corrected chi connectivity index (χ4v) is 1.60. The lowest BCUT2D eigenvalue weighted by Gasteiger charge is -2.07. The number of benzene rings is 2. The highest BCUT2D eigenvalue weighted by Gasteiger charge is 1.94. The first-order valence-electron chi connectivity index (χ1n) is 5.44. The molecule has 2 heteroatoms. The fraction of sp³-hybridized carbons (Fsp3) is 0.143. The summed E-state index contributed by atoms with van der Waals surface area (Å²) in [4.78, 5) is 0. The number of para-hydroxylation sites is 1. The zero-order valence-corrected chi connectivity index (χ0v) is 9.40. The van der Waals surface area contributed by atoms with E-state index in [4.69, 9.17) is 0 Å². The molecule has 0 fully saturated rings. The van der Waals surface area contributed by atoms with Crippen LogP contribution in [0.5, 0.6) is 0 Å². The largest absolute Gasteiger partial charge is 0.388 e. The Balaban J connectivity index is 1.99. The predicted octanol–water partition coefficient (Wildman–Crippen LogP) is 3.34. The first-order valence-corrected chi connectivity index (χ1v) is 5.44. The van der Waals surface area contributed by atoms with Gasteiger partial charge in [0.1, 0.15) is 0 Å². The van der Waals surface area contributed by atoms with Gasteiger partial charge < -0.3 is 10.6 Å². The molecule has 16 heavy (non-hydrogen) atoms. The summed E-state index contributed by atoms with van der Waals surface area (Å²) < 4.78 is 0. The molecule has 0 aliphatic heterocycles. The van der Waals surface area contributed by atoms with E-state index >= 15 is 0 Å². The molecule has 2 N–H and O–H groups in total. The molecule has 2 nitrogen and oxygen atoms in total. The summed E-state index contributed by atoms with van der Waals surface area (Å²) in [5.41, 5.74) is 3.57. The van der Waals surface area contributed by atoms with Crippen molar-refractivity contribution in [3.05, 3.63) is 60.2 Å². The van der Waals surface area contributed by atoms with Crippen LogP contribution in [0.25, 0.3) is 0 Å². The minimum atomic E-state index is 0.847. The molecule has 2 aromatic carbocycles. The van der Waals surface area contributed by atoms with Crippen molar-refractivity contribution in [1.29, 1.82) is 0 Å². The summed E-state index contributed by atoms with van der Waals surface area (Å²) in [7, 11) is 1.93. The second-order valence-electron chi connectivity index (χ2n) is 3.67. The van der Waals surface area contributed by atoms with E-state index in [0.717, 1.165) is 17.9 Å². The van der Waals surface area contributed by atoms with E-state index < -0.39 is 0 Å². The fourth-order valence-electron chi connectivity index (χ4n) is 1.60. The predicted molar refractivity (Wildman–Crippen MR) is 69.8 cm³/mol. The van der Waals surface area contributed by atoms with Crippen LogP contribution in [-0.2, 0) is 6.54 Å². The Morgan fingerprint density at radius 2 is 1.62 bits per heavy atom. The lowest BCUT2D eigenvalue weighted by Crippen LogP contribution is -1.99. The van der Waals surface area contributed by atoms with Crippen LogP contribution in [0, 0.1) is 0 Å². The standard InChI is InChI=1S/C14H16N2/c1-15-14-9-5-6-12(10-14)11-16-13-7-3-2-4-8-13/h2-10,15-16H,11H2,1H3. The average Bonchev–Trinajstić information content (AvgIpc) is 2.38. The van der Waals surface area contributed by atoms with Crippen LogP contribution in [0.1, 0.15) is 5.56 Å². The number of hydrogen-bond donors (Lipinski definition) is 2. The van der Waals surface area contributed by atoms with Crippen LogP contribution in [0.15, 0.2) is 54.6 Å². The number of rotatable bonds is 4. The molecule has 82 valence electrons. The lowest BCUT2D eigenvalue weighted by molar-refractivity contribution is 1.15. The molecular weight excluding hydrogens is 196 g/mol. The SMILES string of the molecule is CNc1cccc(CNc2ccccc2)c1. The Morgan fingerprint density at radius 3 is 2.38 bits per heavy atom. The lowest BCUT2D eigenvalue weighted by atomic mass is 10.2. The van der Waals surface area contributed by atoms with Crippen molar-refractivity contribution < 1.29 is 0 Å². The number of nitrogens with one attached hydrogen (secondary N) is 2. The molecule has 0 unspecified atom stereocenters. The second-order valence-corrected chi connectivity index (χ2v) is 3.67. The van der Waals surface area contributed by atoms with Crippen LogP contribution >= 0.6 is 0 Å². The van der Waals surface area contributed by atoms with Gasteiger partial charge in [-0.25, -0.2) is 0 Å². The van der Waals surface area contributed by atoms with E-state index in [2.05, 4.69) is 47.0 Å². The van der Waals surface area contributed by atoms with Crippen molar-refractivity contribution in [2.45, 2.75) is 6.54 Å². The smallest absolute Gasteiger partial charge is 0.0401 e. The molecular formula is C14H16N2. The summed E-state index contributed by atoms with van der Waals surface area (Å²) >= 11 is 0. The highest BCUT2D eigenvalue weighted by Crippen LogP contribution is 2.12. The zero-order chi connectivity index (χ0) is 11.2. The van der Waals surface area contributed by atoms with Gasteiger partial charge >= 0.3 is 0 Å². The Hall–Kier alpha value is -1.96. The van der Waals surface area contributed by atoms with E-state index in [-0.39, 0.29) is 0 Å². The molecule has 0 aliphatic rings. The molecule has 0 saturated heterocycles. The third-order valence-electron chi connectivity index (χ3n) is 2.49. The number of anilines is 2. The van der Waals surface area contributed by atoms with Crippen molar-refractivity contribution in [1.82, 2.24) is 0 Å². The van der Waals surface area contributed by atoms with Gasteiger partial charge in [-0.05, 0) is 29.8 Å². The summed E-state index contributed by atoms with van der Waals surface area (Å²) in [5, 5.41) is 6.52. The second kappa shape index (κ2) is 5.21. The van der Waals surface area contributed by atoms with Crippen LogP contribution in [-0.4, -0.2) is 7.05 Å². The van der Waals surface area contributed by atoms with Crippen LogP contribution in [0.3, 0.4) is 0 Å². The first kappa shape index (κ1) is 10.6. The van der Waals surface area contributed by atoms with E-state index in [0.29, 0.717) is 0 Å². The third-order valence-corrected chi connectivity index (χ3v) is 2.49. The summed E-state index contributed by atoms with van der Waals surface area (Å²) in [6.45, 7) is 0.847. The summed E-state index contributed by atoms with van der Waals surface area (Å²) in [6.07, 6.45) is 0. The van der Waals surface area contributed by atoms with Gasteiger partial charge in [0.2, 0.25) is 0 Å². The van der Waals surface area contributed by atoms with Gasteiger partial charge in [0.15, 0.2) is 0 Å². The quantitative estimate of drug-likeness (QED) is 0.812. The topological polar surface area (TPSA) is 24.1 Å². The minimum absolute atomic E-state index is 0.847. The maximum absolute atomic E-state index is 3.38. The van der Waals surface area contributed by atoms with E-state index in [1.807, 2.05) is 25.2 Å². The van der Waals surface area contributed by atoms with Crippen molar-refractivity contribution in [3.8, 4) is 0 Å². The van der Waals surface area contributed by atoms with Crippen LogP contribution < -0.4 is 10.6 Å². The Kier molecular flexibility index (Phi) is 3.44. The minimum Gasteiger partial charge on any atom is -0.388 e. The normalized spacial score (nSPS) is 9.81. The van der Waals surface area contributed by atoms with Gasteiger partial charge in [0.05, 0.1) is 0 Å². The third kappa shape index (κ3) is 2.76. The first-order chi connectivity index (χ1) is 7.88.